The first-order chi connectivity index (χ1) is 11.7. The van der Waals surface area contributed by atoms with Crippen molar-refractivity contribution in [2.24, 2.45) is 11.3 Å². The summed E-state index contributed by atoms with van der Waals surface area (Å²) in [6, 6.07) is 5.13. The fourth-order valence-electron chi connectivity index (χ4n) is 3.73. The summed E-state index contributed by atoms with van der Waals surface area (Å²) in [5.41, 5.74) is 1.17. The van der Waals surface area contributed by atoms with Crippen LogP contribution in [0.15, 0.2) is 18.2 Å². The molecule has 25 heavy (non-hydrogen) atoms. The monoisotopic (exact) mass is 347 g/mol. The number of nitrogens with zero attached hydrogens (tertiary/aromatic N) is 1. The lowest BCUT2D eigenvalue weighted by molar-refractivity contribution is -0.384. The zero-order valence-corrected chi connectivity index (χ0v) is 15.6. The van der Waals surface area contributed by atoms with Gasteiger partial charge in [0.15, 0.2) is 0 Å². The van der Waals surface area contributed by atoms with Crippen molar-refractivity contribution in [2.75, 3.05) is 11.9 Å². The van der Waals surface area contributed by atoms with Crippen LogP contribution in [0.2, 0.25) is 0 Å². The van der Waals surface area contributed by atoms with Gasteiger partial charge in [0.25, 0.3) is 5.69 Å². The van der Waals surface area contributed by atoms with Gasteiger partial charge in [0, 0.05) is 12.1 Å². The number of rotatable bonds is 5. The number of benzene rings is 1. The largest absolute Gasteiger partial charge is 0.319 e. The third-order valence-electron chi connectivity index (χ3n) is 5.03. The summed E-state index contributed by atoms with van der Waals surface area (Å²) in [5.74, 6) is 0.285. The van der Waals surface area contributed by atoms with Crippen LogP contribution in [-0.4, -0.2) is 23.4 Å². The van der Waals surface area contributed by atoms with Gasteiger partial charge >= 0.3 is 0 Å². The summed E-state index contributed by atoms with van der Waals surface area (Å²) in [4.78, 5) is 23.0. The molecule has 0 saturated heterocycles. The highest BCUT2D eigenvalue weighted by molar-refractivity contribution is 5.94. The lowest BCUT2D eigenvalue weighted by Crippen LogP contribution is -2.46. The van der Waals surface area contributed by atoms with E-state index in [0.29, 0.717) is 12.0 Å². The zero-order valence-electron chi connectivity index (χ0n) is 15.6. The first kappa shape index (κ1) is 19.4. The summed E-state index contributed by atoms with van der Waals surface area (Å²) in [6.07, 6.45) is 4.66. The van der Waals surface area contributed by atoms with Crippen molar-refractivity contribution >= 4 is 17.3 Å². The van der Waals surface area contributed by atoms with Crippen LogP contribution in [0.25, 0.3) is 0 Å². The van der Waals surface area contributed by atoms with Crippen LogP contribution in [0, 0.1) is 28.4 Å². The molecule has 0 bridgehead atoms. The Balaban J connectivity index is 1.98. The highest BCUT2D eigenvalue weighted by Gasteiger charge is 2.34. The Kier molecular flexibility index (Phi) is 6.16. The van der Waals surface area contributed by atoms with Gasteiger partial charge in [-0.15, -0.1) is 0 Å². The molecule has 6 nitrogen and oxygen atoms in total. The van der Waals surface area contributed by atoms with Crippen LogP contribution >= 0.6 is 0 Å². The van der Waals surface area contributed by atoms with Crippen molar-refractivity contribution in [3.8, 4) is 0 Å². The van der Waals surface area contributed by atoms with Crippen molar-refractivity contribution in [1.82, 2.24) is 5.32 Å². The van der Waals surface area contributed by atoms with Crippen LogP contribution in [-0.2, 0) is 4.79 Å². The van der Waals surface area contributed by atoms with Gasteiger partial charge in [0.1, 0.15) is 5.69 Å². The number of nitro groups is 1. The van der Waals surface area contributed by atoms with E-state index >= 15 is 0 Å². The normalized spacial score (nSPS) is 21.0. The quantitative estimate of drug-likeness (QED) is 0.622. The van der Waals surface area contributed by atoms with Gasteiger partial charge in [-0.1, -0.05) is 39.7 Å². The summed E-state index contributed by atoms with van der Waals surface area (Å²) < 4.78 is 0. The minimum atomic E-state index is -0.465. The zero-order chi connectivity index (χ0) is 18.6. The smallest absolute Gasteiger partial charge is 0.293 e. The van der Waals surface area contributed by atoms with E-state index in [-0.39, 0.29) is 29.2 Å². The molecule has 0 aromatic heterocycles. The highest BCUT2D eigenvalue weighted by Crippen LogP contribution is 2.37. The first-order valence-corrected chi connectivity index (χ1v) is 8.97. The second-order valence-corrected chi connectivity index (χ2v) is 8.07. The molecule has 138 valence electrons. The maximum atomic E-state index is 12.3. The van der Waals surface area contributed by atoms with E-state index in [1.807, 2.05) is 0 Å². The van der Waals surface area contributed by atoms with Gasteiger partial charge < -0.3 is 10.6 Å². The number of carbonyl (C=O) groups is 1. The van der Waals surface area contributed by atoms with Crippen molar-refractivity contribution < 1.29 is 9.72 Å². The molecule has 1 aliphatic carbocycles. The molecule has 2 unspecified atom stereocenters. The molecule has 1 aromatic carbocycles. The fourth-order valence-corrected chi connectivity index (χ4v) is 3.73. The van der Waals surface area contributed by atoms with Crippen molar-refractivity contribution in [2.45, 2.75) is 59.4 Å². The summed E-state index contributed by atoms with van der Waals surface area (Å²) in [6.45, 7) is 8.69. The van der Waals surface area contributed by atoms with E-state index in [1.165, 1.54) is 25.3 Å². The maximum absolute atomic E-state index is 12.3. The molecule has 1 saturated carbocycles. The average molecular weight is 347 g/mol. The van der Waals surface area contributed by atoms with Gasteiger partial charge in [-0.25, -0.2) is 0 Å². The Morgan fingerprint density at radius 3 is 2.60 bits per heavy atom. The Bertz CT molecular complexity index is 637. The third kappa shape index (κ3) is 5.26. The van der Waals surface area contributed by atoms with E-state index in [1.54, 1.807) is 19.1 Å². The number of hydrogen-bond acceptors (Lipinski definition) is 4. The molecule has 1 aliphatic rings. The molecule has 2 atom stereocenters. The Hall–Kier alpha value is -1.95. The Morgan fingerprint density at radius 1 is 1.28 bits per heavy atom. The SMILES string of the molecule is Cc1ccc(NC(=O)CNC2CCCCC2C(C)(C)C)c([N+](=O)[O-])c1. The Labute approximate surface area is 149 Å². The number of anilines is 1. The van der Waals surface area contributed by atoms with Gasteiger partial charge in [0.05, 0.1) is 11.5 Å². The molecule has 0 heterocycles. The summed E-state index contributed by atoms with van der Waals surface area (Å²) >= 11 is 0. The number of nitro benzene ring substituents is 1. The molecule has 0 spiro atoms. The van der Waals surface area contributed by atoms with Gasteiger partial charge in [-0.3, -0.25) is 14.9 Å². The molecule has 1 amide bonds. The van der Waals surface area contributed by atoms with Crippen molar-refractivity contribution in [3.05, 3.63) is 33.9 Å². The minimum absolute atomic E-state index is 0.0708. The molecule has 0 radical (unpaired) electrons. The van der Waals surface area contributed by atoms with Gasteiger partial charge in [-0.05, 0) is 42.7 Å². The predicted molar refractivity (Wildman–Crippen MR) is 99.7 cm³/mol. The second-order valence-electron chi connectivity index (χ2n) is 8.07. The summed E-state index contributed by atoms with van der Waals surface area (Å²) in [7, 11) is 0. The van der Waals surface area contributed by atoms with Crippen LogP contribution in [0.5, 0.6) is 0 Å². The lowest BCUT2D eigenvalue weighted by atomic mass is 9.69. The van der Waals surface area contributed by atoms with Crippen molar-refractivity contribution in [3.63, 3.8) is 0 Å². The topological polar surface area (TPSA) is 84.3 Å². The van der Waals surface area contributed by atoms with E-state index in [9.17, 15) is 14.9 Å². The number of nitrogens with one attached hydrogen (secondary N) is 2. The van der Waals surface area contributed by atoms with Crippen LogP contribution < -0.4 is 10.6 Å². The second kappa shape index (κ2) is 7.95. The minimum Gasteiger partial charge on any atom is -0.319 e. The average Bonchev–Trinajstić information content (AvgIpc) is 2.54. The molecule has 1 fully saturated rings. The van der Waals surface area contributed by atoms with Crippen LogP contribution in [0.4, 0.5) is 11.4 Å². The lowest BCUT2D eigenvalue weighted by Gasteiger charge is -2.40. The molecular weight excluding hydrogens is 318 g/mol. The van der Waals surface area contributed by atoms with Crippen LogP contribution in [0.3, 0.4) is 0 Å². The van der Waals surface area contributed by atoms with E-state index in [0.717, 1.165) is 12.0 Å². The summed E-state index contributed by atoms with van der Waals surface area (Å²) in [5, 5.41) is 17.2. The van der Waals surface area contributed by atoms with Gasteiger partial charge in [0.2, 0.25) is 5.91 Å². The molecule has 1 aromatic rings. The fraction of sp³-hybridized carbons (Fsp3) is 0.632. The molecule has 2 N–H and O–H groups in total. The van der Waals surface area contributed by atoms with Crippen LogP contribution in [0.1, 0.15) is 52.0 Å². The molecule has 6 heteroatoms. The Morgan fingerprint density at radius 2 is 1.96 bits per heavy atom. The third-order valence-corrected chi connectivity index (χ3v) is 5.03. The number of amides is 1. The molecular formula is C19H29N3O3. The van der Waals surface area contributed by atoms with E-state index in [4.69, 9.17) is 0 Å². The molecule has 0 aliphatic heterocycles. The van der Waals surface area contributed by atoms with Gasteiger partial charge in [-0.2, -0.15) is 0 Å². The number of carbonyl (C=O) groups excluding carboxylic acids is 1. The number of hydrogen-bond donors (Lipinski definition) is 2. The first-order valence-electron chi connectivity index (χ1n) is 8.97. The van der Waals surface area contributed by atoms with E-state index in [2.05, 4.69) is 31.4 Å². The maximum Gasteiger partial charge on any atom is 0.293 e. The standard InChI is InChI=1S/C19H29N3O3/c1-13-9-10-16(17(11-13)22(24)25)21-18(23)12-20-15-8-6-5-7-14(15)19(2,3)4/h9-11,14-15,20H,5-8,12H2,1-4H3,(H,21,23). The number of aryl methyl sites for hydroxylation is 1. The molecule has 2 rings (SSSR count). The van der Waals surface area contributed by atoms with Crippen molar-refractivity contribution in [1.29, 1.82) is 0 Å². The predicted octanol–water partition coefficient (Wildman–Crippen LogP) is 4.04. The highest BCUT2D eigenvalue weighted by atomic mass is 16.6. The van der Waals surface area contributed by atoms with E-state index < -0.39 is 4.92 Å².